The van der Waals surface area contributed by atoms with Crippen LogP contribution in [0.25, 0.3) is 16.9 Å². The van der Waals surface area contributed by atoms with Crippen LogP contribution in [0.2, 0.25) is 0 Å². The Labute approximate surface area is 174 Å². The summed E-state index contributed by atoms with van der Waals surface area (Å²) in [6.07, 6.45) is 4.81. The SMILES string of the molecule is CCOC(=O)[C@@H]1CCCN(c2c3c(nc4cc(-c5ccc(F)cc5)nn24)CCC3)C1. The number of aromatic nitrogens is 3. The largest absolute Gasteiger partial charge is 0.466 e. The molecule has 3 aromatic rings. The number of hydrogen-bond acceptors (Lipinski definition) is 5. The number of fused-ring (bicyclic) bond motifs is 2. The number of aryl methyl sites for hydroxylation is 1. The average Bonchev–Trinajstić information content (AvgIpc) is 3.39. The predicted octanol–water partition coefficient (Wildman–Crippen LogP) is 3.80. The van der Waals surface area contributed by atoms with E-state index in [0.29, 0.717) is 13.2 Å². The van der Waals surface area contributed by atoms with Gasteiger partial charge in [-0.05, 0) is 63.3 Å². The van der Waals surface area contributed by atoms with E-state index < -0.39 is 0 Å². The monoisotopic (exact) mass is 408 g/mol. The normalized spacial score (nSPS) is 18.6. The number of carbonyl (C=O) groups excluding carboxylic acids is 1. The Hall–Kier alpha value is -2.96. The fourth-order valence-corrected chi connectivity index (χ4v) is 4.67. The van der Waals surface area contributed by atoms with Gasteiger partial charge in [0.25, 0.3) is 0 Å². The van der Waals surface area contributed by atoms with E-state index in [1.54, 1.807) is 12.1 Å². The average molecular weight is 408 g/mol. The predicted molar refractivity (Wildman–Crippen MR) is 112 cm³/mol. The van der Waals surface area contributed by atoms with Crippen molar-refractivity contribution in [2.75, 3.05) is 24.6 Å². The van der Waals surface area contributed by atoms with Crippen LogP contribution in [0.1, 0.15) is 37.4 Å². The molecule has 0 unspecified atom stereocenters. The molecule has 156 valence electrons. The fourth-order valence-electron chi connectivity index (χ4n) is 4.67. The smallest absolute Gasteiger partial charge is 0.310 e. The summed E-state index contributed by atoms with van der Waals surface area (Å²) in [4.78, 5) is 19.5. The third kappa shape index (κ3) is 3.32. The maximum Gasteiger partial charge on any atom is 0.310 e. The first kappa shape index (κ1) is 19.0. The molecule has 1 saturated heterocycles. The van der Waals surface area contributed by atoms with E-state index in [2.05, 4.69) is 4.90 Å². The molecule has 30 heavy (non-hydrogen) atoms. The Bertz CT molecular complexity index is 1090. The molecule has 0 saturated carbocycles. The number of esters is 1. The summed E-state index contributed by atoms with van der Waals surface area (Å²) < 4.78 is 20.5. The summed E-state index contributed by atoms with van der Waals surface area (Å²) in [6.45, 7) is 3.77. The molecule has 3 heterocycles. The number of anilines is 1. The van der Waals surface area contributed by atoms with Gasteiger partial charge in [0.1, 0.15) is 11.6 Å². The first-order chi connectivity index (χ1) is 14.6. The second-order valence-electron chi connectivity index (χ2n) is 8.06. The highest BCUT2D eigenvalue weighted by Crippen LogP contribution is 2.35. The van der Waals surface area contributed by atoms with Gasteiger partial charge in [0.15, 0.2) is 5.65 Å². The van der Waals surface area contributed by atoms with Crippen molar-refractivity contribution in [2.45, 2.75) is 39.0 Å². The van der Waals surface area contributed by atoms with Crippen LogP contribution in [0.15, 0.2) is 30.3 Å². The van der Waals surface area contributed by atoms with Gasteiger partial charge in [0, 0.05) is 36.0 Å². The Morgan fingerprint density at radius 2 is 2.07 bits per heavy atom. The molecule has 2 aliphatic rings. The van der Waals surface area contributed by atoms with Crippen LogP contribution in [0, 0.1) is 11.7 Å². The molecular weight excluding hydrogens is 383 g/mol. The number of rotatable bonds is 4. The minimum atomic E-state index is -0.265. The molecule has 0 bridgehead atoms. The van der Waals surface area contributed by atoms with Crippen molar-refractivity contribution in [1.82, 2.24) is 14.6 Å². The van der Waals surface area contributed by atoms with Gasteiger partial charge in [0.05, 0.1) is 18.2 Å². The van der Waals surface area contributed by atoms with Crippen LogP contribution < -0.4 is 4.90 Å². The van der Waals surface area contributed by atoms with E-state index in [4.69, 9.17) is 14.8 Å². The van der Waals surface area contributed by atoms with Crippen molar-refractivity contribution in [3.63, 3.8) is 0 Å². The Balaban J connectivity index is 1.58. The van der Waals surface area contributed by atoms with Crippen LogP contribution in [0.3, 0.4) is 0 Å². The summed E-state index contributed by atoms with van der Waals surface area (Å²) in [5, 5.41) is 4.85. The lowest BCUT2D eigenvalue weighted by Crippen LogP contribution is -2.41. The van der Waals surface area contributed by atoms with Crippen molar-refractivity contribution in [1.29, 1.82) is 0 Å². The van der Waals surface area contributed by atoms with Gasteiger partial charge in [-0.15, -0.1) is 0 Å². The van der Waals surface area contributed by atoms with Gasteiger partial charge in [-0.1, -0.05) is 0 Å². The molecule has 1 fully saturated rings. The second-order valence-corrected chi connectivity index (χ2v) is 8.06. The summed E-state index contributed by atoms with van der Waals surface area (Å²) in [5.74, 6) is 0.552. The zero-order valence-electron chi connectivity index (χ0n) is 17.1. The number of carbonyl (C=O) groups is 1. The van der Waals surface area contributed by atoms with Crippen molar-refractivity contribution < 1.29 is 13.9 Å². The van der Waals surface area contributed by atoms with Crippen molar-refractivity contribution in [3.8, 4) is 11.3 Å². The van der Waals surface area contributed by atoms with E-state index in [1.807, 2.05) is 17.5 Å². The van der Waals surface area contributed by atoms with Crippen LogP contribution in [0.5, 0.6) is 0 Å². The number of halogens is 1. The quantitative estimate of drug-likeness (QED) is 0.615. The van der Waals surface area contributed by atoms with Crippen molar-refractivity contribution in [2.24, 2.45) is 5.92 Å². The molecule has 1 aromatic carbocycles. The molecule has 5 rings (SSSR count). The number of hydrogen-bond donors (Lipinski definition) is 0. The molecule has 2 aromatic heterocycles. The van der Waals surface area contributed by atoms with Gasteiger partial charge in [-0.25, -0.2) is 9.37 Å². The third-order valence-corrected chi connectivity index (χ3v) is 6.08. The molecule has 7 heteroatoms. The fraction of sp³-hybridized carbons (Fsp3) is 0.435. The van der Waals surface area contributed by atoms with E-state index in [9.17, 15) is 9.18 Å². The highest BCUT2D eigenvalue weighted by molar-refractivity contribution is 5.74. The summed E-state index contributed by atoms with van der Waals surface area (Å²) in [6, 6.07) is 8.33. The van der Waals surface area contributed by atoms with Crippen molar-refractivity contribution >= 4 is 17.4 Å². The topological polar surface area (TPSA) is 59.7 Å². The number of piperidine rings is 1. The van der Waals surface area contributed by atoms with Gasteiger partial charge < -0.3 is 9.64 Å². The van der Waals surface area contributed by atoms with Gasteiger partial charge in [-0.2, -0.15) is 9.61 Å². The van der Waals surface area contributed by atoms with Gasteiger partial charge in [-0.3, -0.25) is 4.79 Å². The van der Waals surface area contributed by atoms with Gasteiger partial charge in [0.2, 0.25) is 0 Å². The molecule has 0 spiro atoms. The van der Waals surface area contributed by atoms with Crippen LogP contribution in [-0.2, 0) is 22.4 Å². The third-order valence-electron chi connectivity index (χ3n) is 6.08. The minimum Gasteiger partial charge on any atom is -0.466 e. The van der Waals surface area contributed by atoms with Crippen LogP contribution >= 0.6 is 0 Å². The molecule has 1 aliphatic heterocycles. The van der Waals surface area contributed by atoms with Gasteiger partial charge >= 0.3 is 5.97 Å². The molecule has 0 N–H and O–H groups in total. The Morgan fingerprint density at radius 3 is 2.87 bits per heavy atom. The highest BCUT2D eigenvalue weighted by Gasteiger charge is 2.31. The van der Waals surface area contributed by atoms with E-state index in [1.165, 1.54) is 17.7 Å². The number of benzene rings is 1. The zero-order chi connectivity index (χ0) is 20.7. The second kappa shape index (κ2) is 7.70. The molecular formula is C23H25FN4O2. The standard InChI is InChI=1S/C23H25FN4O2/c1-2-30-23(29)16-5-4-12-27(14-16)22-18-6-3-7-19(18)25-21-13-20(26-28(21)22)15-8-10-17(24)11-9-15/h8-11,13,16H,2-7,12,14H2,1H3/t16-/m1/s1. The first-order valence-electron chi connectivity index (χ1n) is 10.7. The Kier molecular flexibility index (Phi) is 4.89. The number of nitrogens with zero attached hydrogens (tertiary/aromatic N) is 4. The lowest BCUT2D eigenvalue weighted by Gasteiger charge is -2.34. The highest BCUT2D eigenvalue weighted by atomic mass is 19.1. The van der Waals surface area contributed by atoms with E-state index in [-0.39, 0.29) is 17.7 Å². The number of ether oxygens (including phenoxy) is 1. The van der Waals surface area contributed by atoms with Crippen LogP contribution in [0.4, 0.5) is 10.2 Å². The van der Waals surface area contributed by atoms with Crippen LogP contribution in [-0.4, -0.2) is 40.3 Å². The maximum atomic E-state index is 13.3. The zero-order valence-corrected chi connectivity index (χ0v) is 17.1. The first-order valence-corrected chi connectivity index (χ1v) is 10.7. The van der Waals surface area contributed by atoms with Crippen molar-refractivity contribution in [3.05, 3.63) is 47.4 Å². The summed E-state index contributed by atoms with van der Waals surface area (Å²) in [7, 11) is 0. The van der Waals surface area contributed by atoms with E-state index >= 15 is 0 Å². The van der Waals surface area contributed by atoms with E-state index in [0.717, 1.165) is 67.1 Å². The molecule has 0 radical (unpaired) electrons. The Morgan fingerprint density at radius 1 is 1.23 bits per heavy atom. The maximum absolute atomic E-state index is 13.3. The lowest BCUT2D eigenvalue weighted by molar-refractivity contribution is -0.148. The summed E-state index contributed by atoms with van der Waals surface area (Å²) in [5.41, 5.74) is 4.78. The molecule has 1 atom stereocenters. The minimum absolute atomic E-state index is 0.114. The molecule has 0 amide bonds. The molecule has 1 aliphatic carbocycles. The lowest BCUT2D eigenvalue weighted by atomic mass is 9.97. The summed E-state index contributed by atoms with van der Waals surface area (Å²) >= 11 is 0. The molecule has 6 nitrogen and oxygen atoms in total.